The molecule has 0 amide bonds. The number of para-hydroxylation sites is 1. The van der Waals surface area contributed by atoms with E-state index in [1.54, 1.807) is 6.20 Å². The maximum atomic E-state index is 5.87. The van der Waals surface area contributed by atoms with Gasteiger partial charge in [-0.15, -0.1) is 0 Å². The zero-order valence-corrected chi connectivity index (χ0v) is 10.3. The predicted molar refractivity (Wildman–Crippen MR) is 69.7 cm³/mol. The molecule has 3 rings (SSSR count). The molecule has 0 saturated heterocycles. The van der Waals surface area contributed by atoms with Gasteiger partial charge in [0.05, 0.1) is 0 Å². The minimum absolute atomic E-state index is 0.0685. The van der Waals surface area contributed by atoms with E-state index < -0.39 is 0 Å². The second-order valence-electron chi connectivity index (χ2n) is 4.25. The van der Waals surface area contributed by atoms with Crippen molar-refractivity contribution < 1.29 is 4.74 Å². The highest BCUT2D eigenvalue weighted by atomic mass is 16.5. The van der Waals surface area contributed by atoms with Crippen LogP contribution in [0.15, 0.2) is 36.5 Å². The Morgan fingerprint density at radius 2 is 2.22 bits per heavy atom. The lowest BCUT2D eigenvalue weighted by Gasteiger charge is -2.10. The van der Waals surface area contributed by atoms with Crippen LogP contribution in [0.4, 0.5) is 5.82 Å². The van der Waals surface area contributed by atoms with Crippen LogP contribution in [0.5, 0.6) is 5.75 Å². The predicted octanol–water partition coefficient (Wildman–Crippen LogP) is 2.58. The topological polar surface area (TPSA) is 47.0 Å². The highest BCUT2D eigenvalue weighted by Crippen LogP contribution is 2.35. The van der Waals surface area contributed by atoms with Crippen LogP contribution in [0.3, 0.4) is 0 Å². The number of aromatic nitrogens is 2. The molecule has 18 heavy (non-hydrogen) atoms. The van der Waals surface area contributed by atoms with Crippen molar-refractivity contribution >= 4 is 5.82 Å². The molecule has 4 heteroatoms. The Labute approximate surface area is 106 Å². The molecule has 0 saturated carbocycles. The van der Waals surface area contributed by atoms with Gasteiger partial charge in [0.1, 0.15) is 11.6 Å². The van der Waals surface area contributed by atoms with Gasteiger partial charge >= 0.3 is 0 Å². The number of anilines is 1. The molecule has 1 N–H and O–H groups in total. The molecule has 92 valence electrons. The van der Waals surface area contributed by atoms with Crippen molar-refractivity contribution in [2.45, 2.75) is 19.4 Å². The van der Waals surface area contributed by atoms with E-state index >= 15 is 0 Å². The molecular formula is C14H15N3O. The quantitative estimate of drug-likeness (QED) is 0.897. The number of hydrogen-bond donors (Lipinski definition) is 1. The number of nitrogens with one attached hydrogen (secondary N) is 1. The van der Waals surface area contributed by atoms with Crippen molar-refractivity contribution in [2.75, 3.05) is 11.9 Å². The number of benzene rings is 1. The van der Waals surface area contributed by atoms with Gasteiger partial charge in [-0.25, -0.2) is 9.97 Å². The molecule has 1 aromatic heterocycles. The first-order chi connectivity index (χ1) is 8.86. The summed E-state index contributed by atoms with van der Waals surface area (Å²) < 4.78 is 5.87. The molecule has 0 bridgehead atoms. The molecule has 0 spiro atoms. The van der Waals surface area contributed by atoms with Crippen LogP contribution in [-0.2, 0) is 6.42 Å². The molecule has 1 atom stereocenters. The third-order valence-electron chi connectivity index (χ3n) is 2.97. The van der Waals surface area contributed by atoms with Crippen molar-refractivity contribution in [3.63, 3.8) is 0 Å². The van der Waals surface area contributed by atoms with Gasteiger partial charge in [-0.05, 0) is 24.6 Å². The summed E-state index contributed by atoms with van der Waals surface area (Å²) >= 11 is 0. The zero-order valence-electron chi connectivity index (χ0n) is 10.3. The Kier molecular flexibility index (Phi) is 2.84. The monoisotopic (exact) mass is 241 g/mol. The number of ether oxygens (including phenoxy) is 1. The molecule has 4 nitrogen and oxygen atoms in total. The summed E-state index contributed by atoms with van der Waals surface area (Å²) in [5.74, 6) is 2.53. The van der Waals surface area contributed by atoms with Crippen LogP contribution in [0.1, 0.15) is 24.4 Å². The van der Waals surface area contributed by atoms with Gasteiger partial charge in [-0.3, -0.25) is 0 Å². The summed E-state index contributed by atoms with van der Waals surface area (Å²) in [6.45, 7) is 2.89. The van der Waals surface area contributed by atoms with E-state index in [9.17, 15) is 0 Å². The number of rotatable bonds is 3. The fourth-order valence-corrected chi connectivity index (χ4v) is 2.13. The Bertz CT molecular complexity index is 531. The van der Waals surface area contributed by atoms with E-state index in [4.69, 9.17) is 4.74 Å². The first kappa shape index (κ1) is 11.0. The lowest BCUT2D eigenvalue weighted by Crippen LogP contribution is -2.10. The first-order valence-corrected chi connectivity index (χ1v) is 6.18. The number of fused-ring (bicyclic) bond motifs is 1. The minimum Gasteiger partial charge on any atom is -0.482 e. The second-order valence-corrected chi connectivity index (χ2v) is 4.25. The fraction of sp³-hybridized carbons (Fsp3) is 0.286. The number of hydrogen-bond acceptors (Lipinski definition) is 4. The van der Waals surface area contributed by atoms with Crippen LogP contribution < -0.4 is 10.1 Å². The van der Waals surface area contributed by atoms with Gasteiger partial charge < -0.3 is 10.1 Å². The van der Waals surface area contributed by atoms with E-state index in [0.717, 1.165) is 30.4 Å². The van der Waals surface area contributed by atoms with Crippen molar-refractivity contribution in [2.24, 2.45) is 0 Å². The molecule has 0 fully saturated rings. The van der Waals surface area contributed by atoms with Crippen LogP contribution >= 0.6 is 0 Å². The van der Waals surface area contributed by atoms with E-state index in [-0.39, 0.29) is 6.10 Å². The summed E-state index contributed by atoms with van der Waals surface area (Å²) in [7, 11) is 0. The third-order valence-corrected chi connectivity index (χ3v) is 2.97. The summed E-state index contributed by atoms with van der Waals surface area (Å²) in [6, 6.07) is 9.96. The van der Waals surface area contributed by atoms with Gasteiger partial charge in [0.15, 0.2) is 11.9 Å². The third kappa shape index (κ3) is 2.01. The van der Waals surface area contributed by atoms with E-state index in [1.165, 1.54) is 5.56 Å². The standard InChI is InChI=1S/C14H15N3O/c1-2-15-13-7-8-16-14(17-13)12-9-10-5-3-4-6-11(10)18-12/h3-8,12H,2,9H2,1H3,(H,15,16,17). The first-order valence-electron chi connectivity index (χ1n) is 6.18. The van der Waals surface area contributed by atoms with Gasteiger partial charge in [-0.2, -0.15) is 0 Å². The highest BCUT2D eigenvalue weighted by molar-refractivity contribution is 5.39. The number of nitrogens with zero attached hydrogens (tertiary/aromatic N) is 2. The summed E-state index contributed by atoms with van der Waals surface area (Å²) in [4.78, 5) is 8.79. The molecule has 1 aliphatic rings. The molecule has 0 aliphatic carbocycles. The van der Waals surface area contributed by atoms with Crippen LogP contribution in [-0.4, -0.2) is 16.5 Å². The van der Waals surface area contributed by atoms with Crippen molar-refractivity contribution in [3.8, 4) is 5.75 Å². The van der Waals surface area contributed by atoms with Gasteiger partial charge in [0, 0.05) is 19.2 Å². The lowest BCUT2D eigenvalue weighted by atomic mass is 10.1. The summed E-state index contributed by atoms with van der Waals surface area (Å²) in [6.07, 6.45) is 2.54. The van der Waals surface area contributed by atoms with Gasteiger partial charge in [0.25, 0.3) is 0 Å². The Balaban J connectivity index is 1.83. The van der Waals surface area contributed by atoms with E-state index in [0.29, 0.717) is 0 Å². The average molecular weight is 241 g/mol. The Morgan fingerprint density at radius 1 is 1.33 bits per heavy atom. The van der Waals surface area contributed by atoms with E-state index in [1.807, 2.05) is 31.2 Å². The molecule has 2 heterocycles. The molecule has 1 aliphatic heterocycles. The maximum Gasteiger partial charge on any atom is 0.171 e. The smallest absolute Gasteiger partial charge is 0.171 e. The highest BCUT2D eigenvalue weighted by Gasteiger charge is 2.26. The SMILES string of the molecule is CCNc1ccnc(C2Cc3ccccc3O2)n1. The second kappa shape index (κ2) is 4.64. The maximum absolute atomic E-state index is 5.87. The Morgan fingerprint density at radius 3 is 3.06 bits per heavy atom. The van der Waals surface area contributed by atoms with Crippen molar-refractivity contribution in [3.05, 3.63) is 47.9 Å². The zero-order chi connectivity index (χ0) is 12.4. The molecule has 0 radical (unpaired) electrons. The van der Waals surface area contributed by atoms with Crippen LogP contribution in [0.25, 0.3) is 0 Å². The van der Waals surface area contributed by atoms with Gasteiger partial charge in [-0.1, -0.05) is 18.2 Å². The largest absolute Gasteiger partial charge is 0.482 e. The van der Waals surface area contributed by atoms with Crippen molar-refractivity contribution in [1.82, 2.24) is 9.97 Å². The molecule has 2 aromatic rings. The molecular weight excluding hydrogens is 226 g/mol. The van der Waals surface area contributed by atoms with Crippen LogP contribution in [0.2, 0.25) is 0 Å². The molecule has 1 aromatic carbocycles. The van der Waals surface area contributed by atoms with Crippen molar-refractivity contribution in [1.29, 1.82) is 0 Å². The lowest BCUT2D eigenvalue weighted by molar-refractivity contribution is 0.227. The van der Waals surface area contributed by atoms with Gasteiger partial charge in [0.2, 0.25) is 0 Å². The fourth-order valence-electron chi connectivity index (χ4n) is 2.13. The average Bonchev–Trinajstić information content (AvgIpc) is 2.83. The summed E-state index contributed by atoms with van der Waals surface area (Å²) in [5.41, 5.74) is 1.22. The normalized spacial score (nSPS) is 17.1. The Hall–Kier alpha value is -2.10. The minimum atomic E-state index is -0.0685. The summed E-state index contributed by atoms with van der Waals surface area (Å²) in [5, 5.41) is 3.19. The van der Waals surface area contributed by atoms with Crippen LogP contribution in [0, 0.1) is 0 Å². The van der Waals surface area contributed by atoms with E-state index in [2.05, 4.69) is 21.4 Å². The molecule has 1 unspecified atom stereocenters.